The highest BCUT2D eigenvalue weighted by molar-refractivity contribution is 5.84. The van der Waals surface area contributed by atoms with Gasteiger partial charge in [-0.2, -0.15) is 5.10 Å². The van der Waals surface area contributed by atoms with Crippen molar-refractivity contribution in [1.82, 2.24) is 15.2 Å². The molecule has 0 aliphatic rings. The van der Waals surface area contributed by atoms with Crippen LogP contribution in [0, 0.1) is 0 Å². The maximum absolute atomic E-state index is 5.67. The van der Waals surface area contributed by atoms with Gasteiger partial charge in [0.05, 0.1) is 6.20 Å². The van der Waals surface area contributed by atoms with Crippen molar-refractivity contribution < 1.29 is 4.74 Å². The van der Waals surface area contributed by atoms with Crippen LogP contribution in [0.25, 0.3) is 10.9 Å². The lowest BCUT2D eigenvalue weighted by Crippen LogP contribution is -1.87. The number of fused-ring (bicyclic) bond motifs is 1. The molecule has 0 aliphatic carbocycles. The summed E-state index contributed by atoms with van der Waals surface area (Å²) >= 11 is 0. The van der Waals surface area contributed by atoms with Gasteiger partial charge in [0.1, 0.15) is 5.52 Å². The van der Waals surface area contributed by atoms with Gasteiger partial charge in [-0.3, -0.25) is 5.10 Å². The summed E-state index contributed by atoms with van der Waals surface area (Å²) in [6.45, 7) is 0. The van der Waals surface area contributed by atoms with Crippen LogP contribution >= 0.6 is 0 Å². The Morgan fingerprint density at radius 3 is 2.94 bits per heavy atom. The molecule has 16 heavy (non-hydrogen) atoms. The average molecular weight is 211 g/mol. The highest BCUT2D eigenvalue weighted by Crippen LogP contribution is 2.26. The Morgan fingerprint density at radius 2 is 2.06 bits per heavy atom. The average Bonchev–Trinajstić information content (AvgIpc) is 2.80. The Morgan fingerprint density at radius 1 is 1.06 bits per heavy atom. The van der Waals surface area contributed by atoms with E-state index in [-0.39, 0.29) is 0 Å². The Kier molecular flexibility index (Phi) is 2.04. The van der Waals surface area contributed by atoms with Crippen LogP contribution in [0.4, 0.5) is 0 Å². The third-order valence-corrected chi connectivity index (χ3v) is 2.29. The number of pyridine rings is 1. The van der Waals surface area contributed by atoms with Gasteiger partial charge in [-0.1, -0.05) is 18.2 Å². The summed E-state index contributed by atoms with van der Waals surface area (Å²) in [5, 5.41) is 7.91. The third-order valence-electron chi connectivity index (χ3n) is 2.29. The number of hydrogen-bond donors (Lipinski definition) is 1. The number of nitrogens with one attached hydrogen (secondary N) is 1. The normalized spacial score (nSPS) is 10.5. The SMILES string of the molecule is c1ccc(Oc2cccc3cn[nH]c23)nc1. The van der Waals surface area contributed by atoms with Crippen LogP contribution in [0.15, 0.2) is 48.8 Å². The molecule has 1 N–H and O–H groups in total. The van der Waals surface area contributed by atoms with Crippen LogP contribution in [0.5, 0.6) is 11.6 Å². The molecule has 0 atom stereocenters. The number of H-pyrrole nitrogens is 1. The molecule has 0 amide bonds. The lowest BCUT2D eigenvalue weighted by Gasteiger charge is -2.04. The fourth-order valence-corrected chi connectivity index (χ4v) is 1.55. The number of ether oxygens (including phenoxy) is 1. The highest BCUT2D eigenvalue weighted by atomic mass is 16.5. The first-order valence-electron chi connectivity index (χ1n) is 4.94. The number of rotatable bonds is 2. The zero-order valence-corrected chi connectivity index (χ0v) is 8.42. The Labute approximate surface area is 91.9 Å². The molecular weight excluding hydrogens is 202 g/mol. The Balaban J connectivity index is 2.04. The number of aromatic nitrogens is 3. The molecule has 1 aromatic carbocycles. The summed E-state index contributed by atoms with van der Waals surface area (Å²) in [7, 11) is 0. The summed E-state index contributed by atoms with van der Waals surface area (Å²) in [5.41, 5.74) is 0.883. The zero-order chi connectivity index (χ0) is 10.8. The van der Waals surface area contributed by atoms with Gasteiger partial charge in [0.25, 0.3) is 0 Å². The van der Waals surface area contributed by atoms with E-state index in [2.05, 4.69) is 15.2 Å². The maximum atomic E-state index is 5.67. The second-order valence-electron chi connectivity index (χ2n) is 3.36. The summed E-state index contributed by atoms with van der Waals surface area (Å²) in [5.74, 6) is 1.30. The lowest BCUT2D eigenvalue weighted by atomic mass is 10.2. The molecule has 2 heterocycles. The number of nitrogens with zero attached hydrogens (tertiary/aromatic N) is 2. The fourth-order valence-electron chi connectivity index (χ4n) is 1.55. The van der Waals surface area contributed by atoms with Gasteiger partial charge in [-0.15, -0.1) is 0 Å². The van der Waals surface area contributed by atoms with Crippen molar-refractivity contribution >= 4 is 10.9 Å². The summed E-state index contributed by atoms with van der Waals surface area (Å²) in [4.78, 5) is 4.11. The van der Waals surface area contributed by atoms with Gasteiger partial charge < -0.3 is 4.74 Å². The minimum absolute atomic E-state index is 0.574. The van der Waals surface area contributed by atoms with Crippen molar-refractivity contribution in [2.24, 2.45) is 0 Å². The molecule has 0 saturated heterocycles. The molecule has 0 fully saturated rings. The van der Waals surface area contributed by atoms with Gasteiger partial charge >= 0.3 is 0 Å². The van der Waals surface area contributed by atoms with Crippen LogP contribution < -0.4 is 4.74 Å². The van der Waals surface area contributed by atoms with Crippen LogP contribution in [0.1, 0.15) is 0 Å². The number of hydrogen-bond acceptors (Lipinski definition) is 3. The second-order valence-corrected chi connectivity index (χ2v) is 3.36. The smallest absolute Gasteiger partial charge is 0.219 e. The summed E-state index contributed by atoms with van der Waals surface area (Å²) < 4.78 is 5.67. The van der Waals surface area contributed by atoms with E-state index >= 15 is 0 Å². The molecule has 0 bridgehead atoms. The number of aromatic amines is 1. The van der Waals surface area contributed by atoms with Gasteiger partial charge in [0.2, 0.25) is 5.88 Å². The second kappa shape index (κ2) is 3.66. The van der Waals surface area contributed by atoms with E-state index in [1.807, 2.05) is 36.4 Å². The molecule has 0 aliphatic heterocycles. The van der Waals surface area contributed by atoms with E-state index in [4.69, 9.17) is 4.74 Å². The maximum Gasteiger partial charge on any atom is 0.219 e. The van der Waals surface area contributed by atoms with E-state index in [0.717, 1.165) is 16.7 Å². The predicted octanol–water partition coefficient (Wildman–Crippen LogP) is 2.75. The van der Waals surface area contributed by atoms with Crippen LogP contribution in [0.2, 0.25) is 0 Å². The molecule has 4 nitrogen and oxygen atoms in total. The molecule has 0 spiro atoms. The third kappa shape index (κ3) is 1.50. The van der Waals surface area contributed by atoms with E-state index in [1.54, 1.807) is 12.4 Å². The molecule has 0 saturated carbocycles. The van der Waals surface area contributed by atoms with Crippen molar-refractivity contribution in [1.29, 1.82) is 0 Å². The van der Waals surface area contributed by atoms with Crippen molar-refractivity contribution in [3.63, 3.8) is 0 Å². The van der Waals surface area contributed by atoms with Gasteiger partial charge in [0.15, 0.2) is 5.75 Å². The first-order valence-corrected chi connectivity index (χ1v) is 4.94. The van der Waals surface area contributed by atoms with Crippen molar-refractivity contribution in [2.45, 2.75) is 0 Å². The summed E-state index contributed by atoms with van der Waals surface area (Å²) in [6, 6.07) is 11.3. The first-order chi connectivity index (χ1) is 7.93. The van der Waals surface area contributed by atoms with Gasteiger partial charge in [0, 0.05) is 17.6 Å². The molecule has 0 radical (unpaired) electrons. The minimum atomic E-state index is 0.574. The predicted molar refractivity (Wildman–Crippen MR) is 60.4 cm³/mol. The van der Waals surface area contributed by atoms with Crippen molar-refractivity contribution in [2.75, 3.05) is 0 Å². The van der Waals surface area contributed by atoms with Gasteiger partial charge in [-0.05, 0) is 12.1 Å². The molecule has 2 aromatic heterocycles. The van der Waals surface area contributed by atoms with E-state index in [0.29, 0.717) is 5.88 Å². The minimum Gasteiger partial charge on any atom is -0.437 e. The highest BCUT2D eigenvalue weighted by Gasteiger charge is 2.04. The first kappa shape index (κ1) is 8.91. The standard InChI is InChI=1S/C12H9N3O/c1-2-7-13-11(6-1)16-10-5-3-4-9-8-14-15-12(9)10/h1-8H,(H,14,15). The molecule has 4 heteroatoms. The molecule has 3 aromatic rings. The van der Waals surface area contributed by atoms with Crippen molar-refractivity contribution in [3.05, 3.63) is 48.8 Å². The van der Waals surface area contributed by atoms with Crippen LogP contribution in [-0.4, -0.2) is 15.2 Å². The fraction of sp³-hybridized carbons (Fsp3) is 0. The van der Waals surface area contributed by atoms with Crippen LogP contribution in [-0.2, 0) is 0 Å². The van der Waals surface area contributed by atoms with E-state index in [1.165, 1.54) is 0 Å². The van der Waals surface area contributed by atoms with Gasteiger partial charge in [-0.25, -0.2) is 4.98 Å². The lowest BCUT2D eigenvalue weighted by molar-refractivity contribution is 0.467. The largest absolute Gasteiger partial charge is 0.437 e. The zero-order valence-electron chi connectivity index (χ0n) is 8.42. The number of benzene rings is 1. The quantitative estimate of drug-likeness (QED) is 0.709. The molecular formula is C12H9N3O. The van der Waals surface area contributed by atoms with E-state index < -0.39 is 0 Å². The molecule has 0 unspecified atom stereocenters. The van der Waals surface area contributed by atoms with Crippen molar-refractivity contribution in [3.8, 4) is 11.6 Å². The Bertz CT molecular complexity index is 604. The molecule has 78 valence electrons. The molecule has 3 rings (SSSR count). The van der Waals surface area contributed by atoms with E-state index in [9.17, 15) is 0 Å². The monoisotopic (exact) mass is 211 g/mol. The number of para-hydroxylation sites is 1. The Hall–Kier alpha value is -2.36. The summed E-state index contributed by atoms with van der Waals surface area (Å²) in [6.07, 6.45) is 3.46. The van der Waals surface area contributed by atoms with Crippen LogP contribution in [0.3, 0.4) is 0 Å². The topological polar surface area (TPSA) is 50.8 Å².